The molecule has 0 spiro atoms. The number of fused-ring (bicyclic) bond motifs is 3. The van der Waals surface area contributed by atoms with Gasteiger partial charge in [0, 0.05) is 23.9 Å². The summed E-state index contributed by atoms with van der Waals surface area (Å²) in [4.78, 5) is 13.5. The molecule has 0 unspecified atom stereocenters. The van der Waals surface area contributed by atoms with Gasteiger partial charge in [0.2, 0.25) is 0 Å². The van der Waals surface area contributed by atoms with Gasteiger partial charge >= 0.3 is 6.09 Å². The first-order chi connectivity index (χ1) is 13.3. The molecule has 27 heavy (non-hydrogen) atoms. The Hall–Kier alpha value is -2.63. The quantitative estimate of drug-likeness (QED) is 0.664. The minimum Gasteiger partial charge on any atom is -0.449 e. The maximum absolute atomic E-state index is 12.2. The van der Waals surface area contributed by atoms with Crippen molar-refractivity contribution >= 4 is 17.4 Å². The molecule has 5 heteroatoms. The van der Waals surface area contributed by atoms with Gasteiger partial charge < -0.3 is 15.4 Å². The van der Waals surface area contributed by atoms with Gasteiger partial charge in [-0.1, -0.05) is 48.5 Å². The molecular weight excluding hydrogens is 356 g/mol. The molecule has 0 fully saturated rings. The summed E-state index contributed by atoms with van der Waals surface area (Å²) in [5, 5.41) is 8.06. The molecule has 0 saturated carbocycles. The summed E-state index contributed by atoms with van der Waals surface area (Å²) in [7, 11) is 1.92. The minimum absolute atomic E-state index is 0.0872. The van der Waals surface area contributed by atoms with Crippen LogP contribution >= 0.6 is 11.3 Å². The lowest BCUT2D eigenvalue weighted by atomic mass is 9.98. The number of nitrogens with one attached hydrogen (secondary N) is 2. The average molecular weight is 378 g/mol. The van der Waals surface area contributed by atoms with E-state index >= 15 is 0 Å². The van der Waals surface area contributed by atoms with Crippen LogP contribution in [0.4, 0.5) is 4.79 Å². The first-order valence-corrected chi connectivity index (χ1v) is 9.94. The molecule has 1 amide bonds. The fourth-order valence-corrected chi connectivity index (χ4v) is 4.57. The van der Waals surface area contributed by atoms with Crippen LogP contribution in [0.1, 0.15) is 27.5 Å². The summed E-state index contributed by atoms with van der Waals surface area (Å²) in [6.07, 6.45) is -0.376. The molecule has 1 aromatic heterocycles. The Morgan fingerprint density at radius 1 is 1.00 bits per heavy atom. The highest BCUT2D eigenvalue weighted by Crippen LogP contribution is 2.44. The normalized spacial score (nSPS) is 12.5. The van der Waals surface area contributed by atoms with E-state index in [2.05, 4.69) is 47.0 Å². The maximum Gasteiger partial charge on any atom is 0.407 e. The van der Waals surface area contributed by atoms with E-state index in [1.165, 1.54) is 27.1 Å². The zero-order valence-electron chi connectivity index (χ0n) is 15.2. The van der Waals surface area contributed by atoms with Crippen molar-refractivity contribution in [2.24, 2.45) is 0 Å². The number of carbonyl (C=O) groups is 1. The number of hydrogen-bond donors (Lipinski definition) is 2. The Morgan fingerprint density at radius 3 is 2.33 bits per heavy atom. The predicted molar refractivity (Wildman–Crippen MR) is 109 cm³/mol. The molecule has 1 heterocycles. The standard InChI is InChI=1S/C22H22N2O2S/c1-23-13-21-15(10-11-27-21)12-24-22(25)26-14-20-18-8-4-2-6-16(18)17-7-3-5-9-19(17)20/h2-11,20,23H,12-14H2,1H3,(H,24,25). The van der Waals surface area contributed by atoms with Gasteiger partial charge in [0.15, 0.2) is 0 Å². The van der Waals surface area contributed by atoms with E-state index in [1.807, 2.05) is 30.6 Å². The van der Waals surface area contributed by atoms with Gasteiger partial charge in [-0.15, -0.1) is 11.3 Å². The molecule has 0 aliphatic heterocycles. The highest BCUT2D eigenvalue weighted by molar-refractivity contribution is 7.10. The summed E-state index contributed by atoms with van der Waals surface area (Å²) < 4.78 is 5.58. The lowest BCUT2D eigenvalue weighted by molar-refractivity contribution is 0.142. The number of alkyl carbamates (subject to hydrolysis) is 1. The fourth-order valence-electron chi connectivity index (χ4n) is 3.66. The number of benzene rings is 2. The molecule has 1 aliphatic rings. The molecule has 0 bridgehead atoms. The maximum atomic E-state index is 12.2. The van der Waals surface area contributed by atoms with E-state index in [0.29, 0.717) is 13.2 Å². The highest BCUT2D eigenvalue weighted by Gasteiger charge is 2.28. The first-order valence-electron chi connectivity index (χ1n) is 9.06. The highest BCUT2D eigenvalue weighted by atomic mass is 32.1. The SMILES string of the molecule is CNCc1sccc1CNC(=O)OCC1c2ccccc2-c2ccccc21. The van der Waals surface area contributed by atoms with Crippen LogP contribution in [-0.2, 0) is 17.8 Å². The van der Waals surface area contributed by atoms with Crippen molar-refractivity contribution in [1.29, 1.82) is 0 Å². The summed E-state index contributed by atoms with van der Waals surface area (Å²) in [6.45, 7) is 1.63. The van der Waals surface area contributed by atoms with Gasteiger partial charge in [0.1, 0.15) is 6.61 Å². The Morgan fingerprint density at radius 2 is 1.67 bits per heavy atom. The van der Waals surface area contributed by atoms with Gasteiger partial charge in [0.05, 0.1) is 0 Å². The number of thiophene rings is 1. The molecule has 0 atom stereocenters. The van der Waals surface area contributed by atoms with Crippen LogP contribution in [0.15, 0.2) is 60.0 Å². The number of amides is 1. The van der Waals surface area contributed by atoms with Crippen LogP contribution in [0, 0.1) is 0 Å². The third-order valence-electron chi connectivity index (χ3n) is 4.94. The summed E-state index contributed by atoms with van der Waals surface area (Å²) in [5.74, 6) is 0.0872. The molecule has 3 aromatic rings. The zero-order chi connectivity index (χ0) is 18.6. The second-order valence-corrected chi connectivity index (χ2v) is 7.58. The third-order valence-corrected chi connectivity index (χ3v) is 5.91. The van der Waals surface area contributed by atoms with E-state index in [9.17, 15) is 4.79 Å². The Bertz CT molecular complexity index is 905. The molecular formula is C22H22N2O2S. The lowest BCUT2D eigenvalue weighted by Crippen LogP contribution is -2.26. The lowest BCUT2D eigenvalue weighted by Gasteiger charge is -2.14. The van der Waals surface area contributed by atoms with E-state index in [4.69, 9.17) is 4.74 Å². The molecule has 1 aliphatic carbocycles. The molecule has 4 nitrogen and oxygen atoms in total. The van der Waals surface area contributed by atoms with Gasteiger partial charge in [-0.3, -0.25) is 0 Å². The van der Waals surface area contributed by atoms with Crippen molar-refractivity contribution < 1.29 is 9.53 Å². The summed E-state index contributed by atoms with van der Waals surface area (Å²) in [6, 6.07) is 18.7. The monoisotopic (exact) mass is 378 g/mol. The fraction of sp³-hybridized carbons (Fsp3) is 0.227. The minimum atomic E-state index is -0.376. The second-order valence-electron chi connectivity index (χ2n) is 6.58. The van der Waals surface area contributed by atoms with E-state index in [0.717, 1.165) is 12.1 Å². The number of rotatable bonds is 6. The van der Waals surface area contributed by atoms with Gasteiger partial charge in [0.25, 0.3) is 0 Å². The van der Waals surface area contributed by atoms with Crippen molar-refractivity contribution in [1.82, 2.24) is 10.6 Å². The van der Waals surface area contributed by atoms with E-state index in [-0.39, 0.29) is 12.0 Å². The van der Waals surface area contributed by atoms with E-state index in [1.54, 1.807) is 11.3 Å². The Balaban J connectivity index is 1.40. The second kappa shape index (κ2) is 7.94. The third kappa shape index (κ3) is 3.61. The molecule has 2 aromatic carbocycles. The largest absolute Gasteiger partial charge is 0.449 e. The van der Waals surface area contributed by atoms with Crippen LogP contribution in [0.2, 0.25) is 0 Å². The van der Waals surface area contributed by atoms with Crippen molar-refractivity contribution in [3.05, 3.63) is 81.5 Å². The molecule has 0 saturated heterocycles. The Kier molecular flexibility index (Phi) is 5.23. The van der Waals surface area contributed by atoms with Crippen LogP contribution < -0.4 is 10.6 Å². The number of hydrogen-bond acceptors (Lipinski definition) is 4. The average Bonchev–Trinajstić information content (AvgIpc) is 3.27. The molecule has 2 N–H and O–H groups in total. The zero-order valence-corrected chi connectivity index (χ0v) is 16.0. The number of carbonyl (C=O) groups excluding carboxylic acids is 1. The van der Waals surface area contributed by atoms with Crippen LogP contribution in [0.3, 0.4) is 0 Å². The first kappa shape index (κ1) is 17.8. The van der Waals surface area contributed by atoms with Crippen LogP contribution in [-0.4, -0.2) is 19.7 Å². The smallest absolute Gasteiger partial charge is 0.407 e. The molecule has 0 radical (unpaired) electrons. The van der Waals surface area contributed by atoms with Crippen LogP contribution in [0.25, 0.3) is 11.1 Å². The van der Waals surface area contributed by atoms with Crippen molar-refractivity contribution in [3.63, 3.8) is 0 Å². The summed E-state index contributed by atoms with van der Waals surface area (Å²) in [5.41, 5.74) is 6.04. The van der Waals surface area contributed by atoms with Gasteiger partial charge in [-0.05, 0) is 46.3 Å². The topological polar surface area (TPSA) is 50.4 Å². The number of ether oxygens (including phenoxy) is 1. The molecule has 138 valence electrons. The van der Waals surface area contributed by atoms with Gasteiger partial charge in [-0.25, -0.2) is 4.79 Å². The van der Waals surface area contributed by atoms with Gasteiger partial charge in [-0.2, -0.15) is 0 Å². The molecule has 4 rings (SSSR count). The summed E-state index contributed by atoms with van der Waals surface area (Å²) >= 11 is 1.69. The predicted octanol–water partition coefficient (Wildman–Crippen LogP) is 4.51. The van der Waals surface area contributed by atoms with Crippen LogP contribution in [0.5, 0.6) is 0 Å². The van der Waals surface area contributed by atoms with E-state index < -0.39 is 0 Å². The Labute approximate surface area is 163 Å². The van der Waals surface area contributed by atoms with Crippen molar-refractivity contribution in [3.8, 4) is 11.1 Å². The van der Waals surface area contributed by atoms with Crippen molar-refractivity contribution in [2.45, 2.75) is 19.0 Å². The van der Waals surface area contributed by atoms with Crippen molar-refractivity contribution in [2.75, 3.05) is 13.7 Å².